The third-order valence-electron chi connectivity index (χ3n) is 3.12. The zero-order valence-corrected chi connectivity index (χ0v) is 13.3. The van der Waals surface area contributed by atoms with Crippen molar-refractivity contribution in [2.24, 2.45) is 0 Å². The van der Waals surface area contributed by atoms with Crippen LogP contribution in [-0.2, 0) is 4.74 Å². The average Bonchev–Trinajstić information content (AvgIpc) is 2.42. The molecule has 1 rings (SSSR count). The fourth-order valence-electron chi connectivity index (χ4n) is 1.85. The average molecular weight is 281 g/mol. The summed E-state index contributed by atoms with van der Waals surface area (Å²) in [5.74, 6) is 2.36. The summed E-state index contributed by atoms with van der Waals surface area (Å²) < 4.78 is 5.13. The standard InChI is InChI=1S/C15H27N3O2/c1-11(2)13-10-14(17-15(16-13)12(3)4)18(6-8-19)7-9-20-5/h10-12,19H,6-9H2,1-5H3. The molecule has 5 nitrogen and oxygen atoms in total. The number of anilines is 1. The summed E-state index contributed by atoms with van der Waals surface area (Å²) in [5, 5.41) is 9.23. The Morgan fingerprint density at radius 2 is 1.85 bits per heavy atom. The molecule has 5 heteroatoms. The van der Waals surface area contributed by atoms with Gasteiger partial charge in [0.05, 0.1) is 13.2 Å². The zero-order valence-electron chi connectivity index (χ0n) is 13.3. The van der Waals surface area contributed by atoms with E-state index in [4.69, 9.17) is 4.74 Å². The van der Waals surface area contributed by atoms with Gasteiger partial charge in [0.1, 0.15) is 11.6 Å². The van der Waals surface area contributed by atoms with Crippen molar-refractivity contribution < 1.29 is 9.84 Å². The predicted molar refractivity (Wildman–Crippen MR) is 81.4 cm³/mol. The minimum Gasteiger partial charge on any atom is -0.395 e. The van der Waals surface area contributed by atoms with E-state index in [1.165, 1.54) is 0 Å². The highest BCUT2D eigenvalue weighted by Crippen LogP contribution is 2.21. The van der Waals surface area contributed by atoms with Crippen LogP contribution in [-0.4, -0.2) is 48.5 Å². The van der Waals surface area contributed by atoms with Crippen LogP contribution in [0.4, 0.5) is 5.82 Å². The molecule has 0 fully saturated rings. The summed E-state index contributed by atoms with van der Waals surface area (Å²) >= 11 is 0. The fraction of sp³-hybridized carbons (Fsp3) is 0.733. The molecule has 0 bridgehead atoms. The highest BCUT2D eigenvalue weighted by atomic mass is 16.5. The van der Waals surface area contributed by atoms with Gasteiger partial charge in [-0.25, -0.2) is 9.97 Å². The maximum atomic E-state index is 9.23. The fourth-order valence-corrected chi connectivity index (χ4v) is 1.85. The Bertz CT molecular complexity index is 382. The predicted octanol–water partition coefficient (Wildman–Crippen LogP) is 2.17. The Kier molecular flexibility index (Phi) is 6.88. The summed E-state index contributed by atoms with van der Waals surface area (Å²) in [6.07, 6.45) is 0. The molecule has 0 spiro atoms. The minimum absolute atomic E-state index is 0.0989. The quantitative estimate of drug-likeness (QED) is 0.791. The minimum atomic E-state index is 0.0989. The van der Waals surface area contributed by atoms with E-state index in [0.717, 1.165) is 17.3 Å². The number of hydrogen-bond acceptors (Lipinski definition) is 5. The first-order valence-electron chi connectivity index (χ1n) is 7.23. The van der Waals surface area contributed by atoms with E-state index in [1.54, 1.807) is 7.11 Å². The zero-order chi connectivity index (χ0) is 15.1. The molecule has 1 aromatic rings. The van der Waals surface area contributed by atoms with Gasteiger partial charge in [0.2, 0.25) is 0 Å². The number of hydrogen-bond donors (Lipinski definition) is 1. The van der Waals surface area contributed by atoms with Gasteiger partial charge in [-0.05, 0) is 5.92 Å². The smallest absolute Gasteiger partial charge is 0.133 e. The van der Waals surface area contributed by atoms with E-state index in [-0.39, 0.29) is 12.5 Å². The summed E-state index contributed by atoms with van der Waals surface area (Å²) in [6.45, 7) is 10.4. The lowest BCUT2D eigenvalue weighted by Gasteiger charge is -2.24. The SMILES string of the molecule is COCCN(CCO)c1cc(C(C)C)nc(C(C)C)n1. The van der Waals surface area contributed by atoms with Gasteiger partial charge in [-0.2, -0.15) is 0 Å². The number of nitrogens with zero attached hydrogens (tertiary/aromatic N) is 3. The van der Waals surface area contributed by atoms with Crippen LogP contribution in [0.15, 0.2) is 6.07 Å². The van der Waals surface area contributed by atoms with Crippen LogP contribution in [0.25, 0.3) is 0 Å². The molecule has 0 radical (unpaired) electrons. The van der Waals surface area contributed by atoms with Crippen LogP contribution in [0.3, 0.4) is 0 Å². The number of aliphatic hydroxyl groups is 1. The topological polar surface area (TPSA) is 58.5 Å². The van der Waals surface area contributed by atoms with E-state index >= 15 is 0 Å². The van der Waals surface area contributed by atoms with Crippen molar-refractivity contribution >= 4 is 5.82 Å². The molecule has 0 unspecified atom stereocenters. The van der Waals surface area contributed by atoms with Crippen LogP contribution in [0.2, 0.25) is 0 Å². The summed E-state index contributed by atoms with van der Waals surface area (Å²) in [5.41, 5.74) is 1.04. The second-order valence-corrected chi connectivity index (χ2v) is 5.52. The van der Waals surface area contributed by atoms with Gasteiger partial charge in [-0.15, -0.1) is 0 Å². The van der Waals surface area contributed by atoms with Crippen LogP contribution in [0, 0.1) is 0 Å². The van der Waals surface area contributed by atoms with E-state index in [1.807, 2.05) is 11.0 Å². The van der Waals surface area contributed by atoms with Crippen molar-refractivity contribution in [2.45, 2.75) is 39.5 Å². The molecular weight excluding hydrogens is 254 g/mol. The van der Waals surface area contributed by atoms with Gasteiger partial charge in [-0.3, -0.25) is 0 Å². The Balaban J connectivity index is 3.11. The normalized spacial score (nSPS) is 11.4. The lowest BCUT2D eigenvalue weighted by Crippen LogP contribution is -2.31. The molecule has 0 aliphatic carbocycles. The molecule has 20 heavy (non-hydrogen) atoms. The lowest BCUT2D eigenvalue weighted by molar-refractivity contribution is 0.202. The molecule has 0 aliphatic rings. The van der Waals surface area contributed by atoms with Crippen molar-refractivity contribution in [3.63, 3.8) is 0 Å². The van der Waals surface area contributed by atoms with Crippen LogP contribution in [0.5, 0.6) is 0 Å². The van der Waals surface area contributed by atoms with Crippen LogP contribution in [0.1, 0.15) is 51.0 Å². The van der Waals surface area contributed by atoms with Crippen molar-refractivity contribution in [1.82, 2.24) is 9.97 Å². The van der Waals surface area contributed by atoms with Gasteiger partial charge < -0.3 is 14.7 Å². The second kappa shape index (κ2) is 8.17. The Hall–Kier alpha value is -1.20. The van der Waals surface area contributed by atoms with Gasteiger partial charge >= 0.3 is 0 Å². The lowest BCUT2D eigenvalue weighted by atomic mass is 10.1. The summed E-state index contributed by atoms with van der Waals surface area (Å²) in [7, 11) is 1.68. The second-order valence-electron chi connectivity index (χ2n) is 5.52. The number of aromatic nitrogens is 2. The van der Waals surface area contributed by atoms with Gasteiger partial charge in [0.15, 0.2) is 0 Å². The number of methoxy groups -OCH3 is 1. The third-order valence-corrected chi connectivity index (χ3v) is 3.12. The number of aliphatic hydroxyl groups excluding tert-OH is 1. The molecule has 0 amide bonds. The monoisotopic (exact) mass is 281 g/mol. The van der Waals surface area contributed by atoms with Crippen LogP contribution < -0.4 is 4.90 Å². The molecule has 1 aromatic heterocycles. The van der Waals surface area contributed by atoms with Gasteiger partial charge in [0, 0.05) is 37.9 Å². The van der Waals surface area contributed by atoms with Crippen molar-refractivity contribution in [3.8, 4) is 0 Å². The number of ether oxygens (including phenoxy) is 1. The van der Waals surface area contributed by atoms with E-state index in [2.05, 4.69) is 37.7 Å². The molecule has 1 N–H and O–H groups in total. The van der Waals surface area contributed by atoms with E-state index in [9.17, 15) is 5.11 Å². The summed E-state index contributed by atoms with van der Waals surface area (Å²) in [6, 6.07) is 2.02. The van der Waals surface area contributed by atoms with E-state index in [0.29, 0.717) is 25.6 Å². The Labute approximate surface area is 122 Å². The first-order valence-corrected chi connectivity index (χ1v) is 7.23. The molecule has 0 aromatic carbocycles. The van der Waals surface area contributed by atoms with Crippen molar-refractivity contribution in [2.75, 3.05) is 38.3 Å². The maximum absolute atomic E-state index is 9.23. The largest absolute Gasteiger partial charge is 0.395 e. The van der Waals surface area contributed by atoms with Crippen molar-refractivity contribution in [1.29, 1.82) is 0 Å². The molecule has 0 saturated heterocycles. The first kappa shape index (κ1) is 16.9. The maximum Gasteiger partial charge on any atom is 0.133 e. The first-order chi connectivity index (χ1) is 9.49. The number of rotatable bonds is 8. The van der Waals surface area contributed by atoms with Gasteiger partial charge in [-0.1, -0.05) is 27.7 Å². The molecule has 0 atom stereocenters. The Morgan fingerprint density at radius 1 is 1.15 bits per heavy atom. The van der Waals surface area contributed by atoms with Gasteiger partial charge in [0.25, 0.3) is 0 Å². The molecule has 0 saturated carbocycles. The molecule has 1 heterocycles. The van der Waals surface area contributed by atoms with E-state index < -0.39 is 0 Å². The highest BCUT2D eigenvalue weighted by Gasteiger charge is 2.14. The Morgan fingerprint density at radius 3 is 2.35 bits per heavy atom. The highest BCUT2D eigenvalue weighted by molar-refractivity contribution is 5.41. The third kappa shape index (κ3) is 4.72. The summed E-state index contributed by atoms with van der Waals surface area (Å²) in [4.78, 5) is 11.3. The van der Waals surface area contributed by atoms with Crippen LogP contribution >= 0.6 is 0 Å². The molecule has 114 valence electrons. The molecule has 0 aliphatic heterocycles. The molecular formula is C15H27N3O2. The van der Waals surface area contributed by atoms with Crippen molar-refractivity contribution in [3.05, 3.63) is 17.6 Å².